The molecule has 0 aliphatic carbocycles. The summed E-state index contributed by atoms with van der Waals surface area (Å²) in [6, 6.07) is 10.7. The van der Waals surface area contributed by atoms with Crippen molar-refractivity contribution in [3.63, 3.8) is 0 Å². The SMILES string of the molecule is CC(=O)Nc1cn2nc(-c3cnc4c(c3)C(=O)N(Cc3cccc(OC(F)(F)F)c3)CC4)ccc2n1. The number of hydrogen-bond donors (Lipinski definition) is 1. The molecule has 5 rings (SSSR count). The minimum absolute atomic E-state index is 0.128. The number of halogens is 3. The number of nitrogens with one attached hydrogen (secondary N) is 1. The van der Waals surface area contributed by atoms with E-state index in [1.807, 2.05) is 0 Å². The Labute approximate surface area is 202 Å². The fraction of sp³-hybridized carbons (Fsp3) is 0.208. The fourth-order valence-corrected chi connectivity index (χ4v) is 4.02. The number of amides is 2. The van der Waals surface area contributed by atoms with Gasteiger partial charge in [-0.3, -0.25) is 14.6 Å². The molecule has 4 aromatic rings. The maximum atomic E-state index is 13.2. The highest BCUT2D eigenvalue weighted by atomic mass is 19.4. The molecule has 0 fully saturated rings. The summed E-state index contributed by atoms with van der Waals surface area (Å²) >= 11 is 0. The van der Waals surface area contributed by atoms with Gasteiger partial charge in [0.1, 0.15) is 5.75 Å². The van der Waals surface area contributed by atoms with Crippen LogP contribution in [-0.4, -0.2) is 49.2 Å². The molecule has 184 valence electrons. The van der Waals surface area contributed by atoms with Gasteiger partial charge in [-0.05, 0) is 35.9 Å². The van der Waals surface area contributed by atoms with Gasteiger partial charge in [0.25, 0.3) is 5.91 Å². The van der Waals surface area contributed by atoms with Crippen LogP contribution in [0.4, 0.5) is 19.0 Å². The van der Waals surface area contributed by atoms with Gasteiger partial charge in [0.15, 0.2) is 11.5 Å². The normalized spacial score (nSPS) is 13.6. The maximum Gasteiger partial charge on any atom is 0.573 e. The van der Waals surface area contributed by atoms with Crippen molar-refractivity contribution in [1.29, 1.82) is 0 Å². The van der Waals surface area contributed by atoms with E-state index in [0.717, 1.165) is 0 Å². The quantitative estimate of drug-likeness (QED) is 0.451. The third kappa shape index (κ3) is 4.97. The molecule has 3 aromatic heterocycles. The zero-order valence-electron chi connectivity index (χ0n) is 18.9. The molecule has 0 spiro atoms. The van der Waals surface area contributed by atoms with Crippen LogP contribution in [0.25, 0.3) is 16.9 Å². The number of aromatic nitrogens is 4. The Hall–Kier alpha value is -4.48. The molecular weight excluding hydrogens is 477 g/mol. The number of pyridine rings is 1. The van der Waals surface area contributed by atoms with Gasteiger partial charge in [0.05, 0.1) is 23.1 Å². The first-order valence-corrected chi connectivity index (χ1v) is 10.9. The standard InChI is InChI=1S/C24H19F3N6O3/c1-14(34)29-21-13-33-22(30-21)6-5-19(31-33)16-10-18-20(28-11-16)7-8-32(23(18)35)12-15-3-2-4-17(9-15)36-24(25,26)27/h2-6,9-11,13H,7-8,12H2,1H3,(H,29,34). The lowest BCUT2D eigenvalue weighted by Crippen LogP contribution is -2.37. The number of fused-ring (bicyclic) bond motifs is 2. The second kappa shape index (κ2) is 8.95. The van der Waals surface area contributed by atoms with Crippen molar-refractivity contribution in [3.8, 4) is 17.0 Å². The predicted molar refractivity (Wildman–Crippen MR) is 122 cm³/mol. The smallest absolute Gasteiger partial charge is 0.406 e. The first kappa shape index (κ1) is 23.3. The Bertz CT molecular complexity index is 1480. The van der Waals surface area contributed by atoms with Crippen LogP contribution in [0.15, 0.2) is 54.9 Å². The van der Waals surface area contributed by atoms with Crippen LogP contribution < -0.4 is 10.1 Å². The lowest BCUT2D eigenvalue weighted by Gasteiger charge is -2.28. The van der Waals surface area contributed by atoms with Crippen molar-refractivity contribution in [2.24, 2.45) is 0 Å². The molecule has 0 atom stereocenters. The predicted octanol–water partition coefficient (Wildman–Crippen LogP) is 3.85. The molecule has 0 saturated heterocycles. The van der Waals surface area contributed by atoms with Crippen LogP contribution in [0.3, 0.4) is 0 Å². The summed E-state index contributed by atoms with van der Waals surface area (Å²) in [7, 11) is 0. The summed E-state index contributed by atoms with van der Waals surface area (Å²) in [5, 5.41) is 7.11. The Kier molecular flexibility index (Phi) is 5.78. The second-order valence-electron chi connectivity index (χ2n) is 8.22. The summed E-state index contributed by atoms with van der Waals surface area (Å²) in [6.45, 7) is 1.89. The van der Waals surface area contributed by atoms with Gasteiger partial charge >= 0.3 is 6.36 Å². The van der Waals surface area contributed by atoms with E-state index in [9.17, 15) is 22.8 Å². The van der Waals surface area contributed by atoms with Gasteiger partial charge in [-0.2, -0.15) is 5.10 Å². The van der Waals surface area contributed by atoms with Crippen LogP contribution in [0, 0.1) is 0 Å². The Morgan fingerprint density at radius 1 is 1.19 bits per heavy atom. The Balaban J connectivity index is 1.38. The maximum absolute atomic E-state index is 13.2. The molecule has 0 saturated carbocycles. The number of nitrogens with zero attached hydrogens (tertiary/aromatic N) is 5. The van der Waals surface area contributed by atoms with Crippen molar-refractivity contribution >= 4 is 23.3 Å². The monoisotopic (exact) mass is 496 g/mol. The summed E-state index contributed by atoms with van der Waals surface area (Å²) in [6.07, 6.45) is -1.07. The van der Waals surface area contributed by atoms with E-state index in [1.165, 1.54) is 29.6 Å². The summed E-state index contributed by atoms with van der Waals surface area (Å²) in [5.74, 6) is -0.493. The Morgan fingerprint density at radius 3 is 2.81 bits per heavy atom. The van der Waals surface area contributed by atoms with Crippen molar-refractivity contribution in [1.82, 2.24) is 24.5 Å². The summed E-state index contributed by atoms with van der Waals surface area (Å²) in [4.78, 5) is 34.8. The number of hydrogen-bond acceptors (Lipinski definition) is 6. The fourth-order valence-electron chi connectivity index (χ4n) is 4.02. The van der Waals surface area contributed by atoms with E-state index in [2.05, 4.69) is 25.1 Å². The van der Waals surface area contributed by atoms with Gasteiger partial charge in [0.2, 0.25) is 5.91 Å². The molecule has 1 aliphatic heterocycles. The first-order chi connectivity index (χ1) is 17.1. The minimum Gasteiger partial charge on any atom is -0.406 e. The van der Waals surface area contributed by atoms with Gasteiger partial charge < -0.3 is 15.0 Å². The van der Waals surface area contributed by atoms with Crippen LogP contribution in [0.5, 0.6) is 5.75 Å². The molecule has 1 N–H and O–H groups in total. The zero-order valence-corrected chi connectivity index (χ0v) is 18.9. The van der Waals surface area contributed by atoms with Crippen LogP contribution >= 0.6 is 0 Å². The number of ether oxygens (including phenoxy) is 1. The zero-order chi connectivity index (χ0) is 25.4. The largest absolute Gasteiger partial charge is 0.573 e. The molecular formula is C24H19F3N6O3. The highest BCUT2D eigenvalue weighted by molar-refractivity contribution is 5.97. The summed E-state index contributed by atoms with van der Waals surface area (Å²) in [5.41, 5.74) is 3.26. The van der Waals surface area contributed by atoms with Crippen LogP contribution in [0.2, 0.25) is 0 Å². The highest BCUT2D eigenvalue weighted by Crippen LogP contribution is 2.27. The molecule has 0 radical (unpaired) electrons. The van der Waals surface area contributed by atoms with Gasteiger partial charge in [-0.25, -0.2) is 9.50 Å². The van der Waals surface area contributed by atoms with E-state index in [4.69, 9.17) is 0 Å². The van der Waals surface area contributed by atoms with Crippen LogP contribution in [0.1, 0.15) is 28.5 Å². The molecule has 2 amide bonds. The number of carbonyl (C=O) groups excluding carboxylic acids is 2. The number of anilines is 1. The number of rotatable bonds is 5. The molecule has 36 heavy (non-hydrogen) atoms. The summed E-state index contributed by atoms with van der Waals surface area (Å²) < 4.78 is 43.2. The molecule has 1 aliphatic rings. The molecule has 1 aromatic carbocycles. The van der Waals surface area contributed by atoms with E-state index >= 15 is 0 Å². The molecule has 0 bridgehead atoms. The molecule has 4 heterocycles. The number of benzene rings is 1. The van der Waals surface area contributed by atoms with Gasteiger partial charge in [-0.1, -0.05) is 12.1 Å². The topological polar surface area (TPSA) is 102 Å². The number of imidazole rings is 1. The number of carbonyl (C=O) groups is 2. The first-order valence-electron chi connectivity index (χ1n) is 10.9. The lowest BCUT2D eigenvalue weighted by molar-refractivity contribution is -0.274. The average Bonchev–Trinajstić information content (AvgIpc) is 3.20. The van der Waals surface area contributed by atoms with Crippen molar-refractivity contribution in [3.05, 3.63) is 71.7 Å². The van der Waals surface area contributed by atoms with E-state index < -0.39 is 6.36 Å². The van der Waals surface area contributed by atoms with Crippen molar-refractivity contribution in [2.45, 2.75) is 26.3 Å². The van der Waals surface area contributed by atoms with E-state index in [1.54, 1.807) is 41.6 Å². The third-order valence-electron chi connectivity index (χ3n) is 5.53. The third-order valence-corrected chi connectivity index (χ3v) is 5.53. The molecule has 0 unspecified atom stereocenters. The minimum atomic E-state index is -4.79. The molecule has 9 nitrogen and oxygen atoms in total. The highest BCUT2D eigenvalue weighted by Gasteiger charge is 2.31. The van der Waals surface area contributed by atoms with Crippen molar-refractivity contribution < 1.29 is 27.5 Å². The van der Waals surface area contributed by atoms with Crippen molar-refractivity contribution in [2.75, 3.05) is 11.9 Å². The van der Waals surface area contributed by atoms with Gasteiger partial charge in [0, 0.05) is 38.2 Å². The van der Waals surface area contributed by atoms with Crippen LogP contribution in [-0.2, 0) is 17.8 Å². The van der Waals surface area contributed by atoms with E-state index in [0.29, 0.717) is 52.5 Å². The lowest BCUT2D eigenvalue weighted by atomic mass is 10.0. The number of alkyl halides is 3. The molecule has 12 heteroatoms. The average molecular weight is 496 g/mol. The Morgan fingerprint density at radius 2 is 2.03 bits per heavy atom. The van der Waals surface area contributed by atoms with Gasteiger partial charge in [-0.15, -0.1) is 13.2 Å². The van der Waals surface area contributed by atoms with E-state index in [-0.39, 0.29) is 24.1 Å². The second-order valence-corrected chi connectivity index (χ2v) is 8.22.